The van der Waals surface area contributed by atoms with E-state index < -0.39 is 0 Å². The highest BCUT2D eigenvalue weighted by Crippen LogP contribution is 2.43. The molecule has 6 heteroatoms. The minimum absolute atomic E-state index is 0.469. The van der Waals surface area contributed by atoms with E-state index in [1.807, 2.05) is 17.9 Å². The SMILES string of the molecule is C=C1COCc2c(sc(Br)c2Cc2ccccc2)N1/C(C)=N\N. The predicted octanol–water partition coefficient (Wildman–Crippen LogP) is 4.24. The molecule has 0 saturated heterocycles. The van der Waals surface area contributed by atoms with Gasteiger partial charge in [0.15, 0.2) is 0 Å². The van der Waals surface area contributed by atoms with Gasteiger partial charge >= 0.3 is 0 Å². The number of fused-ring (bicyclic) bond motifs is 1. The first-order chi connectivity index (χ1) is 11.1. The van der Waals surface area contributed by atoms with Crippen molar-refractivity contribution in [3.63, 3.8) is 0 Å². The smallest absolute Gasteiger partial charge is 0.130 e. The van der Waals surface area contributed by atoms with Crippen LogP contribution in [0.3, 0.4) is 0 Å². The van der Waals surface area contributed by atoms with E-state index in [4.69, 9.17) is 10.6 Å². The van der Waals surface area contributed by atoms with Crippen LogP contribution in [0.4, 0.5) is 5.00 Å². The Morgan fingerprint density at radius 3 is 2.83 bits per heavy atom. The maximum atomic E-state index is 5.80. The average Bonchev–Trinajstić information content (AvgIpc) is 2.75. The third kappa shape index (κ3) is 3.20. The zero-order valence-corrected chi connectivity index (χ0v) is 15.3. The molecule has 0 aliphatic carbocycles. The fraction of sp³-hybridized carbons (Fsp3) is 0.235. The van der Waals surface area contributed by atoms with Crippen LogP contribution in [0.5, 0.6) is 0 Å². The lowest BCUT2D eigenvalue weighted by molar-refractivity contribution is 0.146. The zero-order chi connectivity index (χ0) is 16.4. The van der Waals surface area contributed by atoms with Crippen LogP contribution in [0.2, 0.25) is 0 Å². The molecule has 120 valence electrons. The van der Waals surface area contributed by atoms with Gasteiger partial charge in [-0.25, -0.2) is 0 Å². The van der Waals surface area contributed by atoms with Crippen molar-refractivity contribution in [3.8, 4) is 0 Å². The summed E-state index contributed by atoms with van der Waals surface area (Å²) in [5, 5.41) is 4.92. The molecule has 1 aliphatic rings. The first-order valence-electron chi connectivity index (χ1n) is 7.26. The number of hydrazone groups is 1. The van der Waals surface area contributed by atoms with Crippen molar-refractivity contribution in [3.05, 3.63) is 63.1 Å². The summed E-state index contributed by atoms with van der Waals surface area (Å²) >= 11 is 5.38. The van der Waals surface area contributed by atoms with Crippen LogP contribution < -0.4 is 10.7 Å². The van der Waals surface area contributed by atoms with E-state index in [1.165, 1.54) is 16.7 Å². The molecule has 0 radical (unpaired) electrons. The van der Waals surface area contributed by atoms with Gasteiger partial charge in [0.25, 0.3) is 0 Å². The highest BCUT2D eigenvalue weighted by Gasteiger charge is 2.27. The van der Waals surface area contributed by atoms with E-state index >= 15 is 0 Å². The van der Waals surface area contributed by atoms with E-state index in [2.05, 4.69) is 51.9 Å². The molecule has 1 aromatic carbocycles. The van der Waals surface area contributed by atoms with Gasteiger partial charge in [-0.3, -0.25) is 4.90 Å². The quantitative estimate of drug-likeness (QED) is 0.360. The van der Waals surface area contributed by atoms with Crippen molar-refractivity contribution in [1.29, 1.82) is 0 Å². The minimum atomic E-state index is 0.469. The molecule has 0 saturated carbocycles. The van der Waals surface area contributed by atoms with Gasteiger partial charge in [0.05, 0.1) is 17.0 Å². The van der Waals surface area contributed by atoms with Gasteiger partial charge in [-0.1, -0.05) is 36.9 Å². The molecule has 3 rings (SSSR count). The summed E-state index contributed by atoms with van der Waals surface area (Å²) in [7, 11) is 0. The Kier molecular flexibility index (Phi) is 4.84. The molecule has 1 aromatic heterocycles. The van der Waals surface area contributed by atoms with Crippen LogP contribution in [0.1, 0.15) is 23.6 Å². The zero-order valence-electron chi connectivity index (χ0n) is 12.9. The number of hydrogen-bond acceptors (Lipinski definition) is 4. The Bertz CT molecular complexity index is 755. The number of anilines is 1. The minimum Gasteiger partial charge on any atom is -0.370 e. The highest BCUT2D eigenvalue weighted by atomic mass is 79.9. The second-order valence-electron chi connectivity index (χ2n) is 5.37. The number of nitrogens with zero attached hydrogens (tertiary/aromatic N) is 2. The largest absolute Gasteiger partial charge is 0.370 e. The lowest BCUT2D eigenvalue weighted by Gasteiger charge is -2.22. The summed E-state index contributed by atoms with van der Waals surface area (Å²) < 4.78 is 6.91. The number of rotatable bonds is 2. The third-order valence-electron chi connectivity index (χ3n) is 3.81. The number of halogens is 1. The molecule has 0 bridgehead atoms. The van der Waals surface area contributed by atoms with Crippen molar-refractivity contribution < 1.29 is 4.74 Å². The van der Waals surface area contributed by atoms with Crippen LogP contribution >= 0.6 is 27.3 Å². The van der Waals surface area contributed by atoms with Gasteiger partial charge in [0.1, 0.15) is 10.8 Å². The normalized spacial score (nSPS) is 15.5. The summed E-state index contributed by atoms with van der Waals surface area (Å²) in [6, 6.07) is 10.4. The molecular weight excluding hydrogens is 374 g/mol. The van der Waals surface area contributed by atoms with E-state index in [0.717, 1.165) is 20.9 Å². The summed E-state index contributed by atoms with van der Waals surface area (Å²) in [6.45, 7) is 7.01. The van der Waals surface area contributed by atoms with E-state index in [0.29, 0.717) is 19.0 Å². The Morgan fingerprint density at radius 1 is 1.39 bits per heavy atom. The number of nitrogens with two attached hydrogens (primary N) is 1. The van der Waals surface area contributed by atoms with Gasteiger partial charge in [-0.2, -0.15) is 5.10 Å². The van der Waals surface area contributed by atoms with Crippen LogP contribution in [-0.4, -0.2) is 12.4 Å². The lowest BCUT2D eigenvalue weighted by atomic mass is 10.0. The van der Waals surface area contributed by atoms with E-state index in [1.54, 1.807) is 11.3 Å². The van der Waals surface area contributed by atoms with Crippen LogP contribution in [0.15, 0.2) is 51.5 Å². The fourth-order valence-electron chi connectivity index (χ4n) is 2.67. The maximum absolute atomic E-state index is 5.80. The molecule has 2 heterocycles. The van der Waals surface area contributed by atoms with Crippen molar-refractivity contribution in [1.82, 2.24) is 0 Å². The summed E-state index contributed by atoms with van der Waals surface area (Å²) in [5.41, 5.74) is 4.54. The molecule has 0 unspecified atom stereocenters. The summed E-state index contributed by atoms with van der Waals surface area (Å²) in [4.78, 5) is 1.99. The molecule has 2 N–H and O–H groups in total. The number of ether oxygens (including phenoxy) is 1. The second kappa shape index (κ2) is 6.86. The molecule has 23 heavy (non-hydrogen) atoms. The Balaban J connectivity index is 2.06. The molecule has 0 fully saturated rings. The van der Waals surface area contributed by atoms with Gasteiger partial charge < -0.3 is 10.6 Å². The van der Waals surface area contributed by atoms with Gasteiger partial charge in [-0.15, -0.1) is 11.3 Å². The second-order valence-corrected chi connectivity index (χ2v) is 7.69. The highest BCUT2D eigenvalue weighted by molar-refractivity contribution is 9.11. The Labute approximate surface area is 148 Å². The van der Waals surface area contributed by atoms with Gasteiger partial charge in [0.2, 0.25) is 0 Å². The average molecular weight is 392 g/mol. The number of thiophene rings is 1. The summed E-state index contributed by atoms with van der Waals surface area (Å²) in [5.74, 6) is 6.21. The Morgan fingerprint density at radius 2 is 2.13 bits per heavy atom. The van der Waals surface area contributed by atoms with Crippen molar-refractivity contribution in [2.45, 2.75) is 20.0 Å². The first-order valence-corrected chi connectivity index (χ1v) is 8.87. The molecule has 1 aliphatic heterocycles. The molecule has 0 atom stereocenters. The maximum Gasteiger partial charge on any atom is 0.130 e. The molecule has 4 nitrogen and oxygen atoms in total. The summed E-state index contributed by atoms with van der Waals surface area (Å²) in [6.07, 6.45) is 0.857. The first kappa shape index (κ1) is 16.2. The van der Waals surface area contributed by atoms with Crippen LogP contribution in [0.25, 0.3) is 0 Å². The predicted molar refractivity (Wildman–Crippen MR) is 99.8 cm³/mol. The number of hydrogen-bond donors (Lipinski definition) is 1. The van der Waals surface area contributed by atoms with Crippen LogP contribution in [0, 0.1) is 0 Å². The van der Waals surface area contributed by atoms with Gasteiger partial charge in [-0.05, 0) is 40.4 Å². The van der Waals surface area contributed by atoms with Crippen molar-refractivity contribution in [2.75, 3.05) is 11.5 Å². The third-order valence-corrected chi connectivity index (χ3v) is 5.83. The van der Waals surface area contributed by atoms with Crippen molar-refractivity contribution >= 4 is 38.1 Å². The van der Waals surface area contributed by atoms with Crippen molar-refractivity contribution in [2.24, 2.45) is 10.9 Å². The molecule has 0 spiro atoms. The molecule has 2 aromatic rings. The Hall–Kier alpha value is -1.63. The topological polar surface area (TPSA) is 50.8 Å². The molecule has 0 amide bonds. The number of amidine groups is 1. The lowest BCUT2D eigenvalue weighted by Crippen LogP contribution is -2.29. The van der Waals surface area contributed by atoms with Crippen LogP contribution in [-0.2, 0) is 17.8 Å². The van der Waals surface area contributed by atoms with E-state index in [9.17, 15) is 0 Å². The van der Waals surface area contributed by atoms with Gasteiger partial charge in [0, 0.05) is 11.3 Å². The van der Waals surface area contributed by atoms with E-state index in [-0.39, 0.29) is 0 Å². The number of benzene rings is 1. The standard InChI is InChI=1S/C17H18BrN3OS/c1-11-9-22-10-15-14(8-13-6-4-3-5-7-13)16(18)23-17(15)21(11)12(2)20-19/h3-7H,1,8-10,19H2,2H3/b20-12-. The monoisotopic (exact) mass is 391 g/mol. The molecular formula is C17H18BrN3OS. The fourth-order valence-corrected chi connectivity index (χ4v) is 4.66.